The highest BCUT2D eigenvalue weighted by atomic mass is 16.3. The van der Waals surface area contributed by atoms with Gasteiger partial charge in [-0.1, -0.05) is 12.1 Å². The number of nitrogens with zero attached hydrogens (tertiary/aromatic N) is 1. The van der Waals surface area contributed by atoms with Gasteiger partial charge in [-0.3, -0.25) is 0 Å². The Bertz CT molecular complexity index is 389. The summed E-state index contributed by atoms with van der Waals surface area (Å²) in [5.74, 6) is 0. The Morgan fingerprint density at radius 1 is 1.17 bits per heavy atom. The number of para-hydroxylation sites is 1. The third-order valence-electron chi connectivity index (χ3n) is 1.94. The van der Waals surface area contributed by atoms with Crippen molar-refractivity contribution in [1.29, 1.82) is 0 Å². The van der Waals surface area contributed by atoms with E-state index in [2.05, 4.69) is 6.07 Å². The Morgan fingerprint density at radius 2 is 1.92 bits per heavy atom. The smallest absolute Gasteiger partial charge is 0.136 e. The first-order valence-electron chi connectivity index (χ1n) is 3.92. The fourth-order valence-corrected chi connectivity index (χ4v) is 1.31. The van der Waals surface area contributed by atoms with Crippen molar-refractivity contribution in [3.8, 4) is 0 Å². The molecule has 1 heterocycles. The average molecular weight is 161 g/mol. The molecule has 2 rings (SSSR count). The molecule has 0 atom stereocenters. The molecule has 2 heteroatoms. The molecule has 0 N–H and O–H groups in total. The van der Waals surface area contributed by atoms with E-state index in [-0.39, 0.29) is 0 Å². The lowest BCUT2D eigenvalue weighted by Crippen LogP contribution is -2.07. The molecule has 0 aliphatic carbocycles. The minimum Gasteiger partial charge on any atom is -0.462 e. The van der Waals surface area contributed by atoms with E-state index in [1.54, 1.807) is 6.26 Å². The second-order valence-electron chi connectivity index (χ2n) is 3.01. The van der Waals surface area contributed by atoms with E-state index in [0.717, 1.165) is 11.3 Å². The summed E-state index contributed by atoms with van der Waals surface area (Å²) in [7, 11) is 4.02. The van der Waals surface area contributed by atoms with Crippen molar-refractivity contribution in [3.05, 3.63) is 30.5 Å². The van der Waals surface area contributed by atoms with Crippen LogP contribution in [0.3, 0.4) is 0 Å². The molecule has 0 amide bonds. The number of fused-ring (bicyclic) bond motifs is 1. The molecule has 1 aromatic carbocycles. The lowest BCUT2D eigenvalue weighted by Gasteiger charge is -2.08. The third kappa shape index (κ3) is 0.961. The van der Waals surface area contributed by atoms with Gasteiger partial charge in [0, 0.05) is 19.5 Å². The summed E-state index contributed by atoms with van der Waals surface area (Å²) in [6.07, 6.45) is 1.78. The molecule has 0 bridgehead atoms. The molecule has 1 aromatic heterocycles. The molecule has 0 saturated carbocycles. The average Bonchev–Trinajstić information content (AvgIpc) is 2.47. The van der Waals surface area contributed by atoms with Gasteiger partial charge >= 0.3 is 0 Å². The quantitative estimate of drug-likeness (QED) is 0.639. The normalized spacial score (nSPS) is 10.5. The van der Waals surface area contributed by atoms with Crippen LogP contribution in [0.1, 0.15) is 0 Å². The summed E-state index contributed by atoms with van der Waals surface area (Å²) in [4.78, 5) is 2.05. The fourth-order valence-electron chi connectivity index (χ4n) is 1.31. The molecule has 0 unspecified atom stereocenters. The van der Waals surface area contributed by atoms with Crippen LogP contribution in [0.15, 0.2) is 34.9 Å². The molecule has 0 spiro atoms. The topological polar surface area (TPSA) is 16.4 Å². The predicted molar refractivity (Wildman–Crippen MR) is 50.5 cm³/mol. The van der Waals surface area contributed by atoms with Gasteiger partial charge in [-0.25, -0.2) is 0 Å². The molecular weight excluding hydrogens is 150 g/mol. The summed E-state index contributed by atoms with van der Waals surface area (Å²) in [5, 5.41) is 1.17. The lowest BCUT2D eigenvalue weighted by atomic mass is 10.2. The van der Waals surface area contributed by atoms with Crippen molar-refractivity contribution in [1.82, 2.24) is 0 Å². The number of anilines is 1. The number of benzene rings is 1. The van der Waals surface area contributed by atoms with Gasteiger partial charge < -0.3 is 9.32 Å². The van der Waals surface area contributed by atoms with Crippen molar-refractivity contribution >= 4 is 16.7 Å². The molecule has 12 heavy (non-hydrogen) atoms. The largest absolute Gasteiger partial charge is 0.462 e. The Morgan fingerprint density at radius 3 is 2.67 bits per heavy atom. The third-order valence-corrected chi connectivity index (χ3v) is 1.94. The maximum Gasteiger partial charge on any atom is 0.136 e. The van der Waals surface area contributed by atoms with Crippen LogP contribution in [0.25, 0.3) is 11.0 Å². The zero-order chi connectivity index (χ0) is 8.55. The van der Waals surface area contributed by atoms with Crippen LogP contribution < -0.4 is 4.90 Å². The van der Waals surface area contributed by atoms with Crippen LogP contribution in [-0.2, 0) is 0 Å². The first-order chi connectivity index (χ1) is 5.79. The van der Waals surface area contributed by atoms with Crippen LogP contribution in [0.4, 0.5) is 5.69 Å². The van der Waals surface area contributed by atoms with E-state index in [4.69, 9.17) is 4.42 Å². The summed E-state index contributed by atoms with van der Waals surface area (Å²) < 4.78 is 5.37. The van der Waals surface area contributed by atoms with Crippen LogP contribution in [-0.4, -0.2) is 14.1 Å². The van der Waals surface area contributed by atoms with Gasteiger partial charge in [-0.15, -0.1) is 0 Å². The monoisotopic (exact) mass is 161 g/mol. The SMILES string of the molecule is CN(C)c1coc2ccccc12. The first-order valence-corrected chi connectivity index (χ1v) is 3.92. The number of furan rings is 1. The Balaban J connectivity index is 2.70. The minimum atomic E-state index is 0.946. The second kappa shape index (κ2) is 2.55. The van der Waals surface area contributed by atoms with Crippen molar-refractivity contribution in [3.63, 3.8) is 0 Å². The lowest BCUT2D eigenvalue weighted by molar-refractivity contribution is 0.615. The van der Waals surface area contributed by atoms with Crippen LogP contribution in [0, 0.1) is 0 Å². The van der Waals surface area contributed by atoms with Gasteiger partial charge in [0.25, 0.3) is 0 Å². The van der Waals surface area contributed by atoms with Gasteiger partial charge in [-0.2, -0.15) is 0 Å². The van der Waals surface area contributed by atoms with Gasteiger partial charge in [-0.05, 0) is 12.1 Å². The predicted octanol–water partition coefficient (Wildman–Crippen LogP) is 2.50. The highest BCUT2D eigenvalue weighted by Crippen LogP contribution is 2.26. The number of hydrogen-bond acceptors (Lipinski definition) is 2. The van der Waals surface area contributed by atoms with Gasteiger partial charge in [0.05, 0.1) is 5.69 Å². The number of rotatable bonds is 1. The maximum atomic E-state index is 5.37. The molecule has 0 radical (unpaired) electrons. The standard InChI is InChI=1S/C10H11NO/c1-11(2)9-7-12-10-6-4-3-5-8(9)10/h3-7H,1-2H3. The highest BCUT2D eigenvalue weighted by Gasteiger charge is 2.04. The van der Waals surface area contributed by atoms with Crippen molar-refractivity contribution in [2.45, 2.75) is 0 Å². The van der Waals surface area contributed by atoms with Crippen molar-refractivity contribution in [2.75, 3.05) is 19.0 Å². The van der Waals surface area contributed by atoms with Gasteiger partial charge in [0.1, 0.15) is 11.8 Å². The van der Waals surface area contributed by atoms with Gasteiger partial charge in [0.15, 0.2) is 0 Å². The summed E-state index contributed by atoms with van der Waals surface area (Å²) >= 11 is 0. The van der Waals surface area contributed by atoms with Crippen LogP contribution in [0.5, 0.6) is 0 Å². The highest BCUT2D eigenvalue weighted by molar-refractivity contribution is 5.90. The summed E-state index contributed by atoms with van der Waals surface area (Å²) in [5.41, 5.74) is 2.08. The van der Waals surface area contributed by atoms with E-state index in [1.807, 2.05) is 37.2 Å². The first kappa shape index (κ1) is 7.22. The zero-order valence-electron chi connectivity index (χ0n) is 7.24. The van der Waals surface area contributed by atoms with Crippen molar-refractivity contribution < 1.29 is 4.42 Å². The molecular formula is C10H11NO. The number of hydrogen-bond donors (Lipinski definition) is 0. The molecule has 0 fully saturated rings. The molecule has 2 nitrogen and oxygen atoms in total. The summed E-state index contributed by atoms with van der Waals surface area (Å²) in [6.45, 7) is 0. The van der Waals surface area contributed by atoms with Crippen LogP contribution in [0.2, 0.25) is 0 Å². The molecule has 0 saturated heterocycles. The molecule has 62 valence electrons. The molecule has 2 aromatic rings. The van der Waals surface area contributed by atoms with Crippen LogP contribution >= 0.6 is 0 Å². The van der Waals surface area contributed by atoms with E-state index < -0.39 is 0 Å². The Hall–Kier alpha value is -1.44. The van der Waals surface area contributed by atoms with E-state index >= 15 is 0 Å². The molecule has 0 aliphatic rings. The second-order valence-corrected chi connectivity index (χ2v) is 3.01. The summed E-state index contributed by atoms with van der Waals surface area (Å²) in [6, 6.07) is 8.03. The Labute approximate surface area is 71.4 Å². The zero-order valence-corrected chi connectivity index (χ0v) is 7.24. The fraction of sp³-hybridized carbons (Fsp3) is 0.200. The van der Waals surface area contributed by atoms with E-state index in [9.17, 15) is 0 Å². The maximum absolute atomic E-state index is 5.37. The minimum absolute atomic E-state index is 0.946. The van der Waals surface area contributed by atoms with Gasteiger partial charge in [0.2, 0.25) is 0 Å². The van der Waals surface area contributed by atoms with Crippen molar-refractivity contribution in [2.24, 2.45) is 0 Å². The van der Waals surface area contributed by atoms with E-state index in [1.165, 1.54) is 5.39 Å². The van der Waals surface area contributed by atoms with E-state index in [0.29, 0.717) is 0 Å². The Kier molecular flexibility index (Phi) is 1.54. The molecule has 0 aliphatic heterocycles.